The molecule has 2 N–H and O–H groups in total. The molecular formula is C12H15NO. The van der Waals surface area contributed by atoms with Crippen LogP contribution in [-0.2, 0) is 11.2 Å². The van der Waals surface area contributed by atoms with Gasteiger partial charge in [0.2, 0.25) is 5.91 Å². The van der Waals surface area contributed by atoms with Crippen LogP contribution >= 0.6 is 0 Å². The number of rotatable bonds is 5. The smallest absolute Gasteiger partial charge is 0.244 e. The monoisotopic (exact) mass is 189 g/mol. The molecular weight excluding hydrogens is 174 g/mol. The van der Waals surface area contributed by atoms with Gasteiger partial charge in [0.05, 0.1) is 0 Å². The van der Waals surface area contributed by atoms with Crippen LogP contribution in [0.2, 0.25) is 0 Å². The second-order valence-electron chi connectivity index (χ2n) is 3.31. The van der Waals surface area contributed by atoms with Crippen LogP contribution in [-0.4, -0.2) is 5.91 Å². The zero-order valence-corrected chi connectivity index (χ0v) is 8.20. The molecule has 0 fully saturated rings. The number of hydrogen-bond acceptors (Lipinski definition) is 1. The molecule has 0 radical (unpaired) electrons. The van der Waals surface area contributed by atoms with Gasteiger partial charge in [-0.05, 0) is 24.8 Å². The van der Waals surface area contributed by atoms with Gasteiger partial charge in [-0.2, -0.15) is 0 Å². The number of carbonyl (C=O) groups is 1. The second-order valence-corrected chi connectivity index (χ2v) is 3.31. The highest BCUT2D eigenvalue weighted by Gasteiger charge is 2.00. The Morgan fingerprint density at radius 1 is 1.29 bits per heavy atom. The molecule has 74 valence electrons. The molecule has 1 rings (SSSR count). The van der Waals surface area contributed by atoms with E-state index in [2.05, 4.69) is 18.7 Å². The van der Waals surface area contributed by atoms with Crippen molar-refractivity contribution in [3.05, 3.63) is 48.0 Å². The summed E-state index contributed by atoms with van der Waals surface area (Å²) in [5, 5.41) is 0. The molecule has 1 aromatic carbocycles. The third kappa shape index (κ3) is 3.44. The van der Waals surface area contributed by atoms with Gasteiger partial charge in [0.1, 0.15) is 0 Å². The molecule has 0 atom stereocenters. The molecule has 14 heavy (non-hydrogen) atoms. The van der Waals surface area contributed by atoms with Crippen LogP contribution in [0.1, 0.15) is 18.4 Å². The summed E-state index contributed by atoms with van der Waals surface area (Å²) in [6.45, 7) is 3.61. The summed E-state index contributed by atoms with van der Waals surface area (Å²) in [5.74, 6) is -0.391. The lowest BCUT2D eigenvalue weighted by Crippen LogP contribution is -2.12. The first-order chi connectivity index (χ1) is 6.70. The van der Waals surface area contributed by atoms with Crippen LogP contribution in [0.4, 0.5) is 0 Å². The molecule has 0 aliphatic rings. The van der Waals surface area contributed by atoms with Crippen molar-refractivity contribution < 1.29 is 4.79 Å². The van der Waals surface area contributed by atoms with E-state index in [0.29, 0.717) is 12.0 Å². The van der Waals surface area contributed by atoms with Crippen LogP contribution in [0.15, 0.2) is 42.5 Å². The zero-order valence-electron chi connectivity index (χ0n) is 8.20. The Morgan fingerprint density at radius 2 is 1.93 bits per heavy atom. The Hall–Kier alpha value is -1.57. The van der Waals surface area contributed by atoms with E-state index < -0.39 is 5.91 Å². The summed E-state index contributed by atoms with van der Waals surface area (Å²) in [6.07, 6.45) is 2.57. The Labute approximate surface area is 84.4 Å². The molecule has 0 aliphatic carbocycles. The van der Waals surface area contributed by atoms with E-state index in [1.165, 1.54) is 5.56 Å². The highest BCUT2D eigenvalue weighted by molar-refractivity contribution is 5.91. The fourth-order valence-electron chi connectivity index (χ4n) is 1.27. The first-order valence-electron chi connectivity index (χ1n) is 4.71. The van der Waals surface area contributed by atoms with Crippen molar-refractivity contribution in [2.75, 3.05) is 0 Å². The molecule has 0 saturated heterocycles. The summed E-state index contributed by atoms with van der Waals surface area (Å²) in [4.78, 5) is 10.7. The van der Waals surface area contributed by atoms with E-state index in [4.69, 9.17) is 5.73 Å². The third-order valence-corrected chi connectivity index (χ3v) is 2.14. The van der Waals surface area contributed by atoms with E-state index in [-0.39, 0.29) is 0 Å². The minimum atomic E-state index is -0.391. The molecule has 0 spiro atoms. The number of benzene rings is 1. The van der Waals surface area contributed by atoms with E-state index in [9.17, 15) is 4.79 Å². The molecule has 1 aromatic rings. The van der Waals surface area contributed by atoms with Gasteiger partial charge in [-0.25, -0.2) is 0 Å². The molecule has 0 aromatic heterocycles. The average Bonchev–Trinajstić information content (AvgIpc) is 2.19. The van der Waals surface area contributed by atoms with Crippen molar-refractivity contribution in [2.24, 2.45) is 5.73 Å². The molecule has 0 bridgehead atoms. The molecule has 0 saturated carbocycles. The van der Waals surface area contributed by atoms with Gasteiger partial charge < -0.3 is 5.73 Å². The van der Waals surface area contributed by atoms with Gasteiger partial charge >= 0.3 is 0 Å². The predicted octanol–water partition coefficient (Wildman–Crippen LogP) is 2.05. The number of amides is 1. The van der Waals surface area contributed by atoms with Crippen molar-refractivity contribution in [3.63, 3.8) is 0 Å². The van der Waals surface area contributed by atoms with E-state index in [1.807, 2.05) is 18.2 Å². The topological polar surface area (TPSA) is 43.1 Å². The highest BCUT2D eigenvalue weighted by atomic mass is 16.1. The van der Waals surface area contributed by atoms with Crippen molar-refractivity contribution in [1.82, 2.24) is 0 Å². The fourth-order valence-corrected chi connectivity index (χ4v) is 1.27. The van der Waals surface area contributed by atoms with Crippen molar-refractivity contribution in [3.8, 4) is 0 Å². The van der Waals surface area contributed by atoms with Crippen molar-refractivity contribution in [1.29, 1.82) is 0 Å². The summed E-state index contributed by atoms with van der Waals surface area (Å²) in [6, 6.07) is 10.2. The average molecular weight is 189 g/mol. The standard InChI is InChI=1S/C12H15NO/c1-10(12(13)14)6-5-9-11-7-3-2-4-8-11/h2-4,7-8H,1,5-6,9H2,(H2,13,14). The van der Waals surface area contributed by atoms with Crippen molar-refractivity contribution >= 4 is 5.91 Å². The molecule has 2 heteroatoms. The van der Waals surface area contributed by atoms with Gasteiger partial charge in [-0.1, -0.05) is 36.9 Å². The number of nitrogens with two attached hydrogens (primary N) is 1. The lowest BCUT2D eigenvalue weighted by molar-refractivity contribution is -0.114. The second kappa shape index (κ2) is 5.22. The maximum atomic E-state index is 10.7. The van der Waals surface area contributed by atoms with Gasteiger partial charge in [0.15, 0.2) is 0 Å². The summed E-state index contributed by atoms with van der Waals surface area (Å²) < 4.78 is 0. The summed E-state index contributed by atoms with van der Waals surface area (Å²) in [7, 11) is 0. The summed E-state index contributed by atoms with van der Waals surface area (Å²) in [5.41, 5.74) is 6.87. The van der Waals surface area contributed by atoms with Crippen LogP contribution in [0.3, 0.4) is 0 Å². The first kappa shape index (κ1) is 10.5. The Kier molecular flexibility index (Phi) is 3.92. The normalized spacial score (nSPS) is 9.71. The Morgan fingerprint density at radius 3 is 2.50 bits per heavy atom. The number of carbonyl (C=O) groups excluding carboxylic acids is 1. The zero-order chi connectivity index (χ0) is 10.4. The van der Waals surface area contributed by atoms with Crippen LogP contribution in [0, 0.1) is 0 Å². The number of primary amides is 1. The number of aryl methyl sites for hydroxylation is 1. The van der Waals surface area contributed by atoms with Gasteiger partial charge in [-0.3, -0.25) is 4.79 Å². The quantitative estimate of drug-likeness (QED) is 0.708. The van der Waals surface area contributed by atoms with Crippen LogP contribution < -0.4 is 5.73 Å². The maximum Gasteiger partial charge on any atom is 0.244 e. The minimum Gasteiger partial charge on any atom is -0.366 e. The SMILES string of the molecule is C=C(CCCc1ccccc1)C(N)=O. The minimum absolute atomic E-state index is 0.391. The fraction of sp³-hybridized carbons (Fsp3) is 0.250. The Bertz CT molecular complexity index is 316. The maximum absolute atomic E-state index is 10.7. The van der Waals surface area contributed by atoms with E-state index in [1.54, 1.807) is 0 Å². The predicted molar refractivity (Wildman–Crippen MR) is 57.7 cm³/mol. The van der Waals surface area contributed by atoms with Gasteiger partial charge in [-0.15, -0.1) is 0 Å². The van der Waals surface area contributed by atoms with Crippen molar-refractivity contribution in [2.45, 2.75) is 19.3 Å². The third-order valence-electron chi connectivity index (χ3n) is 2.14. The molecule has 0 unspecified atom stereocenters. The first-order valence-corrected chi connectivity index (χ1v) is 4.71. The molecule has 1 amide bonds. The van der Waals surface area contributed by atoms with Crippen LogP contribution in [0.25, 0.3) is 0 Å². The van der Waals surface area contributed by atoms with Crippen LogP contribution in [0.5, 0.6) is 0 Å². The highest BCUT2D eigenvalue weighted by Crippen LogP contribution is 2.08. The lowest BCUT2D eigenvalue weighted by atomic mass is 10.1. The summed E-state index contributed by atoms with van der Waals surface area (Å²) >= 11 is 0. The Balaban J connectivity index is 2.29. The van der Waals surface area contributed by atoms with Gasteiger partial charge in [0.25, 0.3) is 0 Å². The largest absolute Gasteiger partial charge is 0.366 e. The van der Waals surface area contributed by atoms with Gasteiger partial charge in [0, 0.05) is 5.57 Å². The van der Waals surface area contributed by atoms with E-state index in [0.717, 1.165) is 12.8 Å². The lowest BCUT2D eigenvalue weighted by Gasteiger charge is -2.01. The molecule has 0 aliphatic heterocycles. The van der Waals surface area contributed by atoms with E-state index >= 15 is 0 Å². The molecule has 2 nitrogen and oxygen atoms in total. The molecule has 0 heterocycles. The number of hydrogen-bond donors (Lipinski definition) is 1.